The van der Waals surface area contributed by atoms with Gasteiger partial charge in [0.15, 0.2) is 0 Å². The van der Waals surface area contributed by atoms with Gasteiger partial charge in [0.05, 0.1) is 6.61 Å². The summed E-state index contributed by atoms with van der Waals surface area (Å²) in [6, 6.07) is 9.16. The highest BCUT2D eigenvalue weighted by Gasteiger charge is 2.30. The maximum Gasteiger partial charge on any atom is 0.338 e. The number of hydrogen-bond acceptors (Lipinski definition) is 4. The van der Waals surface area contributed by atoms with Crippen molar-refractivity contribution in [2.45, 2.75) is 13.2 Å². The molecule has 25 heavy (non-hydrogen) atoms. The van der Waals surface area contributed by atoms with Gasteiger partial charge in [-0.3, -0.25) is 4.18 Å². The molecule has 0 saturated carbocycles. The molecule has 134 valence electrons. The number of hydrogen-bond donors (Lipinski definition) is 0. The molecule has 9 heteroatoms. The minimum atomic E-state index is -3.73. The van der Waals surface area contributed by atoms with E-state index >= 15 is 0 Å². The summed E-state index contributed by atoms with van der Waals surface area (Å²) in [6.45, 7) is 0.386. The Bertz CT molecular complexity index is 892. The first kappa shape index (κ1) is 18.4. The molecule has 1 saturated heterocycles. The summed E-state index contributed by atoms with van der Waals surface area (Å²) in [6.07, 6.45) is 0. The highest BCUT2D eigenvalue weighted by Crippen LogP contribution is 2.28. The van der Waals surface area contributed by atoms with Crippen LogP contribution in [0.3, 0.4) is 0 Å². The molecule has 1 aliphatic rings. The van der Waals surface area contributed by atoms with Crippen LogP contribution in [0, 0.1) is 5.82 Å². The molecule has 3 rings (SSSR count). The van der Waals surface area contributed by atoms with E-state index in [9.17, 15) is 12.8 Å². The molecule has 1 heterocycles. The molecule has 1 fully saturated rings. The molecule has 2 aromatic carbocycles. The van der Waals surface area contributed by atoms with Crippen LogP contribution < -0.4 is 4.74 Å². The molecule has 1 aliphatic heterocycles. The van der Waals surface area contributed by atoms with Crippen molar-refractivity contribution in [1.82, 2.24) is 4.31 Å². The Morgan fingerprint density at radius 1 is 1.12 bits per heavy atom. The Hall–Kier alpha value is -1.38. The standard InChI is InChI=1S/C16H14Cl2FNO4S/c17-13-3-4-16(23-10-11-1-2-14(18)8-15(11)19)12(7-13)9-20-5-6-24-25(20,21)22/h1-4,7-8H,5-6,9-10H2. The fourth-order valence-electron chi connectivity index (χ4n) is 2.39. The zero-order valence-corrected chi connectivity index (χ0v) is 15.2. The molecule has 0 radical (unpaired) electrons. The highest BCUT2D eigenvalue weighted by molar-refractivity contribution is 7.84. The summed E-state index contributed by atoms with van der Waals surface area (Å²) in [5.74, 6) is -0.0561. The molecule has 2 aromatic rings. The molecule has 0 atom stereocenters. The van der Waals surface area contributed by atoms with Crippen LogP contribution in [-0.4, -0.2) is 25.9 Å². The summed E-state index contributed by atoms with van der Waals surface area (Å²) >= 11 is 11.7. The lowest BCUT2D eigenvalue weighted by atomic mass is 10.2. The van der Waals surface area contributed by atoms with E-state index in [1.165, 1.54) is 16.4 Å². The molecule has 0 spiro atoms. The number of halogens is 3. The lowest BCUT2D eigenvalue weighted by molar-refractivity contribution is 0.293. The lowest BCUT2D eigenvalue weighted by Crippen LogP contribution is -2.25. The Morgan fingerprint density at radius 2 is 1.84 bits per heavy atom. The van der Waals surface area contributed by atoms with Crippen molar-refractivity contribution in [2.24, 2.45) is 0 Å². The molecule has 0 aromatic heterocycles. The van der Waals surface area contributed by atoms with Crippen molar-refractivity contribution in [1.29, 1.82) is 0 Å². The third-order valence-corrected chi connectivity index (χ3v) is 5.54. The largest absolute Gasteiger partial charge is 0.488 e. The Labute approximate surface area is 155 Å². The Balaban J connectivity index is 1.79. The first-order chi connectivity index (χ1) is 11.8. The second kappa shape index (κ2) is 7.47. The van der Waals surface area contributed by atoms with E-state index in [1.54, 1.807) is 24.3 Å². The second-order valence-electron chi connectivity index (χ2n) is 5.39. The number of rotatable bonds is 5. The van der Waals surface area contributed by atoms with E-state index in [1.807, 2.05) is 0 Å². The van der Waals surface area contributed by atoms with Crippen LogP contribution in [0.5, 0.6) is 5.75 Å². The number of ether oxygens (including phenoxy) is 1. The van der Waals surface area contributed by atoms with E-state index in [4.69, 9.17) is 32.1 Å². The van der Waals surface area contributed by atoms with Gasteiger partial charge in [-0.15, -0.1) is 0 Å². The summed E-state index contributed by atoms with van der Waals surface area (Å²) in [5.41, 5.74) is 0.901. The average Bonchev–Trinajstić information content (AvgIpc) is 2.87. The van der Waals surface area contributed by atoms with Crippen molar-refractivity contribution in [3.8, 4) is 5.75 Å². The molecular weight excluding hydrogens is 392 g/mol. The molecule has 0 bridgehead atoms. The number of nitrogens with zero attached hydrogens (tertiary/aromatic N) is 1. The summed E-state index contributed by atoms with van der Waals surface area (Å²) < 4.78 is 49.0. The maximum atomic E-state index is 13.9. The van der Waals surface area contributed by atoms with Crippen LogP contribution in [0.1, 0.15) is 11.1 Å². The maximum absolute atomic E-state index is 13.9. The fourth-order valence-corrected chi connectivity index (χ4v) is 3.77. The van der Waals surface area contributed by atoms with Gasteiger partial charge in [0.1, 0.15) is 18.2 Å². The quantitative estimate of drug-likeness (QED) is 0.759. The topological polar surface area (TPSA) is 55.8 Å². The number of benzene rings is 2. The molecule has 0 unspecified atom stereocenters. The Morgan fingerprint density at radius 3 is 2.52 bits per heavy atom. The monoisotopic (exact) mass is 405 g/mol. The van der Waals surface area contributed by atoms with Gasteiger partial charge in [-0.2, -0.15) is 12.7 Å². The van der Waals surface area contributed by atoms with E-state index in [2.05, 4.69) is 0 Å². The van der Waals surface area contributed by atoms with Gasteiger partial charge >= 0.3 is 10.3 Å². The van der Waals surface area contributed by atoms with Gasteiger partial charge in [0.2, 0.25) is 0 Å². The first-order valence-electron chi connectivity index (χ1n) is 7.35. The average molecular weight is 406 g/mol. The van der Waals surface area contributed by atoms with E-state index in [0.717, 1.165) is 0 Å². The van der Waals surface area contributed by atoms with Gasteiger partial charge < -0.3 is 4.74 Å². The van der Waals surface area contributed by atoms with Gasteiger partial charge in [-0.25, -0.2) is 4.39 Å². The molecular formula is C16H14Cl2FNO4S. The van der Waals surface area contributed by atoms with Gasteiger partial charge in [-0.05, 0) is 30.3 Å². The Kier molecular flexibility index (Phi) is 5.50. The van der Waals surface area contributed by atoms with Crippen molar-refractivity contribution < 1.29 is 21.7 Å². The lowest BCUT2D eigenvalue weighted by Gasteiger charge is -2.16. The summed E-state index contributed by atoms with van der Waals surface area (Å²) in [5, 5.41) is 0.741. The zero-order valence-electron chi connectivity index (χ0n) is 12.9. The third-order valence-electron chi connectivity index (χ3n) is 3.66. The van der Waals surface area contributed by atoms with Crippen molar-refractivity contribution in [2.75, 3.05) is 13.2 Å². The molecule has 0 N–H and O–H groups in total. The van der Waals surface area contributed by atoms with E-state index < -0.39 is 16.1 Å². The van der Waals surface area contributed by atoms with Crippen molar-refractivity contribution in [3.63, 3.8) is 0 Å². The van der Waals surface area contributed by atoms with Crippen LogP contribution in [0.4, 0.5) is 4.39 Å². The van der Waals surface area contributed by atoms with E-state index in [0.29, 0.717) is 26.9 Å². The van der Waals surface area contributed by atoms with E-state index in [-0.39, 0.29) is 26.3 Å². The first-order valence-corrected chi connectivity index (χ1v) is 9.47. The molecule has 0 amide bonds. The predicted octanol–water partition coefficient (Wildman–Crippen LogP) is 3.79. The SMILES string of the molecule is O=S1(=O)OCCN1Cc1cc(Cl)ccc1OCc1ccc(Cl)cc1F. The predicted molar refractivity (Wildman–Crippen MR) is 92.5 cm³/mol. The van der Waals surface area contributed by atoms with Crippen molar-refractivity contribution >= 4 is 33.5 Å². The molecule has 5 nitrogen and oxygen atoms in total. The third kappa shape index (κ3) is 4.43. The van der Waals surface area contributed by atoms with Gasteiger partial charge in [-0.1, -0.05) is 29.3 Å². The van der Waals surface area contributed by atoms with Gasteiger partial charge in [0.25, 0.3) is 0 Å². The summed E-state index contributed by atoms with van der Waals surface area (Å²) in [4.78, 5) is 0. The summed E-state index contributed by atoms with van der Waals surface area (Å²) in [7, 11) is -3.73. The second-order valence-corrected chi connectivity index (χ2v) is 7.87. The highest BCUT2D eigenvalue weighted by atomic mass is 35.5. The van der Waals surface area contributed by atoms with Crippen LogP contribution in [0.25, 0.3) is 0 Å². The molecule has 0 aliphatic carbocycles. The fraction of sp³-hybridized carbons (Fsp3) is 0.250. The zero-order chi connectivity index (χ0) is 18.0. The van der Waals surface area contributed by atoms with Crippen molar-refractivity contribution in [3.05, 3.63) is 63.4 Å². The smallest absolute Gasteiger partial charge is 0.338 e. The van der Waals surface area contributed by atoms with Crippen LogP contribution >= 0.6 is 23.2 Å². The van der Waals surface area contributed by atoms with Crippen LogP contribution in [0.15, 0.2) is 36.4 Å². The van der Waals surface area contributed by atoms with Crippen LogP contribution in [0.2, 0.25) is 10.0 Å². The normalized spacial score (nSPS) is 16.9. The van der Waals surface area contributed by atoms with Crippen LogP contribution in [-0.2, 0) is 27.6 Å². The minimum Gasteiger partial charge on any atom is -0.488 e. The minimum absolute atomic E-state index is 0.0269. The van der Waals surface area contributed by atoms with Gasteiger partial charge in [0, 0.05) is 34.3 Å².